The van der Waals surface area contributed by atoms with Gasteiger partial charge in [-0.3, -0.25) is 18.7 Å². The van der Waals surface area contributed by atoms with Gasteiger partial charge in [-0.05, 0) is 62.3 Å². The number of carbonyl (C=O) groups is 1. The predicted octanol–water partition coefficient (Wildman–Crippen LogP) is 3.52. The van der Waals surface area contributed by atoms with E-state index >= 15 is 0 Å². The molecule has 0 spiro atoms. The Kier molecular flexibility index (Phi) is 6.69. The molecule has 0 atom stereocenters. The smallest absolute Gasteiger partial charge is 0.333 e. The molecule has 0 saturated carbocycles. The van der Waals surface area contributed by atoms with Crippen molar-refractivity contribution in [2.75, 3.05) is 23.3 Å². The number of hydrogen-bond donors (Lipinski definition) is 1. The van der Waals surface area contributed by atoms with Gasteiger partial charge in [-0.2, -0.15) is 0 Å². The summed E-state index contributed by atoms with van der Waals surface area (Å²) in [6.07, 6.45) is 2.79. The molecule has 9 heteroatoms. The Morgan fingerprint density at radius 2 is 1.79 bits per heavy atom. The zero-order valence-electron chi connectivity index (χ0n) is 19.7. The first kappa shape index (κ1) is 23.2. The molecule has 1 aliphatic rings. The number of fused-ring (bicyclic) bond motifs is 1. The molecule has 4 rings (SSSR count). The van der Waals surface area contributed by atoms with Crippen LogP contribution in [0.1, 0.15) is 44.2 Å². The fourth-order valence-electron chi connectivity index (χ4n) is 4.36. The van der Waals surface area contributed by atoms with E-state index in [1.54, 1.807) is 0 Å². The van der Waals surface area contributed by atoms with Crippen molar-refractivity contribution in [1.29, 1.82) is 0 Å². The van der Waals surface area contributed by atoms with Crippen LogP contribution in [-0.4, -0.2) is 33.1 Å². The number of anilines is 2. The Hall–Kier alpha value is -2.94. The third kappa shape index (κ3) is 4.88. The second kappa shape index (κ2) is 9.51. The Morgan fingerprint density at radius 1 is 1.12 bits per heavy atom. The number of hydrogen-bond acceptors (Lipinski definition) is 6. The largest absolute Gasteiger partial charge is 0.348 e. The minimum absolute atomic E-state index is 0.202. The standard InChI is InChI=1S/C24H31N5O3S/c1-5-8-28-22(31)20-21(26-23(33-20)27-9-6-15(2)7-10-27)29(24(28)32)14-19(30)25-18-12-16(3)11-17(4)13-18/h11-13,15H,5-10,14H2,1-4H3,(H,25,30). The zero-order valence-corrected chi connectivity index (χ0v) is 20.5. The second-order valence-corrected chi connectivity index (χ2v) is 10.0. The number of amides is 1. The molecule has 176 valence electrons. The SMILES string of the molecule is CCCn1c(=O)c2sc(N3CCC(C)CC3)nc2n(CC(=O)Nc2cc(C)cc(C)c2)c1=O. The van der Waals surface area contributed by atoms with Crippen molar-refractivity contribution in [1.82, 2.24) is 14.1 Å². The third-order valence-corrected chi connectivity index (χ3v) is 7.16. The molecule has 0 bridgehead atoms. The molecule has 3 heterocycles. The van der Waals surface area contributed by atoms with Crippen molar-refractivity contribution < 1.29 is 4.79 Å². The minimum atomic E-state index is -0.492. The number of rotatable bonds is 6. The lowest BCUT2D eigenvalue weighted by Gasteiger charge is -2.29. The van der Waals surface area contributed by atoms with E-state index in [1.165, 1.54) is 20.5 Å². The maximum Gasteiger partial charge on any atom is 0.333 e. The average molecular weight is 470 g/mol. The number of piperidine rings is 1. The molecule has 3 aromatic rings. The number of aryl methyl sites for hydroxylation is 2. The molecule has 33 heavy (non-hydrogen) atoms. The summed E-state index contributed by atoms with van der Waals surface area (Å²) in [5.41, 5.74) is 2.25. The van der Waals surface area contributed by atoms with Crippen LogP contribution in [-0.2, 0) is 17.9 Å². The van der Waals surface area contributed by atoms with Crippen LogP contribution in [0.5, 0.6) is 0 Å². The van der Waals surface area contributed by atoms with Gasteiger partial charge in [0.2, 0.25) is 5.91 Å². The topological polar surface area (TPSA) is 89.2 Å². The van der Waals surface area contributed by atoms with Crippen molar-refractivity contribution >= 4 is 38.4 Å². The number of carbonyl (C=O) groups excluding carboxylic acids is 1. The zero-order chi connectivity index (χ0) is 23.7. The van der Waals surface area contributed by atoms with Crippen LogP contribution < -0.4 is 21.5 Å². The molecule has 1 aliphatic heterocycles. The molecular formula is C24H31N5O3S. The average Bonchev–Trinajstić information content (AvgIpc) is 3.19. The quantitative estimate of drug-likeness (QED) is 0.597. The molecule has 1 N–H and O–H groups in total. The van der Waals surface area contributed by atoms with E-state index in [0.717, 1.165) is 42.2 Å². The summed E-state index contributed by atoms with van der Waals surface area (Å²) in [5.74, 6) is 0.344. The fourth-order valence-corrected chi connectivity index (χ4v) is 5.43. The Morgan fingerprint density at radius 3 is 2.42 bits per heavy atom. The monoisotopic (exact) mass is 469 g/mol. The highest BCUT2D eigenvalue weighted by molar-refractivity contribution is 7.22. The van der Waals surface area contributed by atoms with Crippen LogP contribution in [0.4, 0.5) is 10.8 Å². The van der Waals surface area contributed by atoms with Gasteiger partial charge >= 0.3 is 5.69 Å². The molecule has 1 amide bonds. The highest BCUT2D eigenvalue weighted by atomic mass is 32.1. The van der Waals surface area contributed by atoms with Gasteiger partial charge in [0, 0.05) is 25.3 Å². The number of aromatic nitrogens is 3. The molecule has 8 nitrogen and oxygen atoms in total. The molecule has 0 radical (unpaired) electrons. The Bertz CT molecular complexity index is 1280. The molecule has 2 aromatic heterocycles. The minimum Gasteiger partial charge on any atom is -0.348 e. The van der Waals surface area contributed by atoms with Gasteiger partial charge in [0.1, 0.15) is 11.2 Å². The van der Waals surface area contributed by atoms with Gasteiger partial charge in [-0.15, -0.1) is 0 Å². The summed E-state index contributed by atoms with van der Waals surface area (Å²) >= 11 is 1.32. The van der Waals surface area contributed by atoms with Crippen molar-refractivity contribution in [3.05, 3.63) is 50.2 Å². The lowest BCUT2D eigenvalue weighted by atomic mass is 10.00. The summed E-state index contributed by atoms with van der Waals surface area (Å²) in [5, 5.41) is 3.63. The molecule has 1 saturated heterocycles. The Balaban J connectivity index is 1.72. The summed E-state index contributed by atoms with van der Waals surface area (Å²) in [4.78, 5) is 46.1. The maximum atomic E-state index is 13.2. The highest BCUT2D eigenvalue weighted by Gasteiger charge is 2.23. The lowest BCUT2D eigenvalue weighted by Crippen LogP contribution is -2.41. The molecule has 0 unspecified atom stereocenters. The molecule has 1 aromatic carbocycles. The number of nitrogens with zero attached hydrogens (tertiary/aromatic N) is 4. The van der Waals surface area contributed by atoms with Crippen LogP contribution in [0.25, 0.3) is 10.3 Å². The van der Waals surface area contributed by atoms with E-state index in [4.69, 9.17) is 0 Å². The first-order valence-electron chi connectivity index (χ1n) is 11.5. The highest BCUT2D eigenvalue weighted by Crippen LogP contribution is 2.29. The summed E-state index contributed by atoms with van der Waals surface area (Å²) in [7, 11) is 0. The second-order valence-electron chi connectivity index (χ2n) is 9.07. The third-order valence-electron chi connectivity index (χ3n) is 6.06. The number of nitrogens with one attached hydrogen (secondary N) is 1. The van der Waals surface area contributed by atoms with Crippen LogP contribution in [0, 0.1) is 19.8 Å². The van der Waals surface area contributed by atoms with Gasteiger partial charge in [-0.25, -0.2) is 9.78 Å². The van der Waals surface area contributed by atoms with E-state index in [0.29, 0.717) is 34.9 Å². The first-order chi connectivity index (χ1) is 15.8. The van der Waals surface area contributed by atoms with Gasteiger partial charge < -0.3 is 10.2 Å². The molecule has 1 fully saturated rings. The van der Waals surface area contributed by atoms with Crippen LogP contribution in [0.2, 0.25) is 0 Å². The van der Waals surface area contributed by atoms with Gasteiger partial charge in [-0.1, -0.05) is 31.3 Å². The number of thiazole rings is 1. The summed E-state index contributed by atoms with van der Waals surface area (Å²) < 4.78 is 3.00. The van der Waals surface area contributed by atoms with Crippen molar-refractivity contribution in [2.24, 2.45) is 5.92 Å². The maximum absolute atomic E-state index is 13.2. The van der Waals surface area contributed by atoms with E-state index < -0.39 is 5.69 Å². The fraction of sp³-hybridized carbons (Fsp3) is 0.500. The first-order valence-corrected chi connectivity index (χ1v) is 12.4. The van der Waals surface area contributed by atoms with Gasteiger partial charge in [0.05, 0.1) is 0 Å². The van der Waals surface area contributed by atoms with Gasteiger partial charge in [0.15, 0.2) is 10.8 Å². The Labute approximate surface area is 196 Å². The normalized spacial score (nSPS) is 14.7. The van der Waals surface area contributed by atoms with Crippen LogP contribution in [0.15, 0.2) is 27.8 Å². The van der Waals surface area contributed by atoms with E-state index in [1.807, 2.05) is 39.0 Å². The van der Waals surface area contributed by atoms with E-state index in [9.17, 15) is 14.4 Å². The van der Waals surface area contributed by atoms with E-state index in [2.05, 4.69) is 22.1 Å². The summed E-state index contributed by atoms with van der Waals surface area (Å²) in [6.45, 7) is 9.95. The van der Waals surface area contributed by atoms with E-state index in [-0.39, 0.29) is 18.0 Å². The molecular weight excluding hydrogens is 438 g/mol. The summed E-state index contributed by atoms with van der Waals surface area (Å²) in [6, 6.07) is 5.81. The number of benzene rings is 1. The van der Waals surface area contributed by atoms with Crippen molar-refractivity contribution in [3.63, 3.8) is 0 Å². The van der Waals surface area contributed by atoms with Crippen molar-refractivity contribution in [2.45, 2.75) is 60.0 Å². The lowest BCUT2D eigenvalue weighted by molar-refractivity contribution is -0.116. The van der Waals surface area contributed by atoms with Crippen LogP contribution in [0.3, 0.4) is 0 Å². The van der Waals surface area contributed by atoms with Gasteiger partial charge in [0.25, 0.3) is 5.56 Å². The van der Waals surface area contributed by atoms with Crippen molar-refractivity contribution in [3.8, 4) is 0 Å². The van der Waals surface area contributed by atoms with Crippen LogP contribution >= 0.6 is 11.3 Å². The molecule has 0 aliphatic carbocycles. The predicted molar refractivity (Wildman–Crippen MR) is 134 cm³/mol.